The molecule has 0 bridgehead atoms. The van der Waals surface area contributed by atoms with Gasteiger partial charge in [-0.2, -0.15) is 0 Å². The highest BCUT2D eigenvalue weighted by Gasteiger charge is 2.33. The van der Waals surface area contributed by atoms with Gasteiger partial charge in [-0.1, -0.05) is 39.3 Å². The molecule has 3 N–H and O–H groups in total. The van der Waals surface area contributed by atoms with E-state index in [0.717, 1.165) is 37.9 Å². The Morgan fingerprint density at radius 3 is 2.53 bits per heavy atom. The zero-order chi connectivity index (χ0) is 23.9. The first-order valence-corrected chi connectivity index (χ1v) is 11.4. The van der Waals surface area contributed by atoms with Crippen LogP contribution in [0.2, 0.25) is 0 Å². The number of rotatable bonds is 8. The Kier molecular flexibility index (Phi) is 9.07. The highest BCUT2D eigenvalue weighted by atomic mass is 16.6. The smallest absolute Gasteiger partial charge is 0.413 e. The van der Waals surface area contributed by atoms with E-state index in [2.05, 4.69) is 35.6 Å². The third-order valence-electron chi connectivity index (χ3n) is 6.30. The fraction of sp³-hybridized carbons (Fsp3) is 0.625. The number of nitrogens with one attached hydrogen (secondary N) is 2. The molecule has 0 saturated carbocycles. The number of benzene rings is 1. The summed E-state index contributed by atoms with van der Waals surface area (Å²) < 4.78 is 5.52. The second kappa shape index (κ2) is 11.3. The summed E-state index contributed by atoms with van der Waals surface area (Å²) in [5.74, 6) is -1.54. The molecule has 32 heavy (non-hydrogen) atoms. The first-order valence-electron chi connectivity index (χ1n) is 11.4. The standard InChI is InChI=1S/C24H37N3O5/c1-6-24(12-7-8-13-27(5)15-24)18-10-9-11-19(14-18)32-23(31)26-20(16(2)3)21(28)25-17(4)22(29)30/h9-11,14,16-17,20H,6-8,12-13,15H2,1-5H3,(H,25,28)(H,26,31)(H,29,30)/t17-,20+,24?/m0/s1. The summed E-state index contributed by atoms with van der Waals surface area (Å²) in [4.78, 5) is 38.4. The van der Waals surface area contributed by atoms with Gasteiger partial charge in [-0.15, -0.1) is 0 Å². The van der Waals surface area contributed by atoms with Crippen molar-refractivity contribution in [1.29, 1.82) is 0 Å². The van der Waals surface area contributed by atoms with Crippen molar-refractivity contribution in [3.8, 4) is 5.75 Å². The molecule has 1 fully saturated rings. The summed E-state index contributed by atoms with van der Waals surface area (Å²) >= 11 is 0. The first kappa shape index (κ1) is 25.6. The normalized spacial score (nSPS) is 21.3. The Balaban J connectivity index is 2.12. The van der Waals surface area contributed by atoms with E-state index < -0.39 is 30.1 Å². The quantitative estimate of drug-likeness (QED) is 0.565. The lowest BCUT2D eigenvalue weighted by Gasteiger charge is -2.35. The molecular formula is C24H37N3O5. The summed E-state index contributed by atoms with van der Waals surface area (Å²) in [5, 5.41) is 14.0. The molecule has 3 atom stereocenters. The van der Waals surface area contributed by atoms with Gasteiger partial charge in [-0.05, 0) is 63.4 Å². The van der Waals surface area contributed by atoms with E-state index in [4.69, 9.17) is 9.84 Å². The Hall–Kier alpha value is -2.61. The molecule has 2 amide bonds. The maximum atomic E-state index is 12.6. The molecule has 8 nitrogen and oxygen atoms in total. The van der Waals surface area contributed by atoms with Crippen LogP contribution in [0.5, 0.6) is 5.75 Å². The molecule has 1 aromatic rings. The molecule has 0 aromatic heterocycles. The summed E-state index contributed by atoms with van der Waals surface area (Å²) in [5.41, 5.74) is 1.15. The Morgan fingerprint density at radius 1 is 1.19 bits per heavy atom. The van der Waals surface area contributed by atoms with Crippen LogP contribution < -0.4 is 15.4 Å². The molecular weight excluding hydrogens is 410 g/mol. The van der Waals surface area contributed by atoms with Gasteiger partial charge >= 0.3 is 12.1 Å². The van der Waals surface area contributed by atoms with Gasteiger partial charge in [-0.25, -0.2) is 4.79 Å². The van der Waals surface area contributed by atoms with Crippen LogP contribution in [0.1, 0.15) is 58.9 Å². The summed E-state index contributed by atoms with van der Waals surface area (Å²) in [6.07, 6.45) is 3.66. The number of likely N-dealkylation sites (N-methyl/N-ethyl adjacent to an activating group) is 1. The average Bonchev–Trinajstić information content (AvgIpc) is 2.93. The van der Waals surface area contributed by atoms with Gasteiger partial charge < -0.3 is 25.4 Å². The number of amides is 2. The minimum atomic E-state index is -1.14. The minimum absolute atomic E-state index is 0.00835. The maximum Gasteiger partial charge on any atom is 0.413 e. The minimum Gasteiger partial charge on any atom is -0.480 e. The number of carboxylic acid groups (broad SMARTS) is 1. The highest BCUT2D eigenvalue weighted by Crippen LogP contribution is 2.37. The van der Waals surface area contributed by atoms with E-state index in [1.54, 1.807) is 19.9 Å². The van der Waals surface area contributed by atoms with Crippen molar-refractivity contribution in [2.24, 2.45) is 5.92 Å². The van der Waals surface area contributed by atoms with Crippen molar-refractivity contribution >= 4 is 18.0 Å². The van der Waals surface area contributed by atoms with Crippen LogP contribution in [0.3, 0.4) is 0 Å². The van der Waals surface area contributed by atoms with E-state index in [0.29, 0.717) is 5.75 Å². The van der Waals surface area contributed by atoms with Crippen molar-refractivity contribution < 1.29 is 24.2 Å². The van der Waals surface area contributed by atoms with E-state index in [9.17, 15) is 14.4 Å². The summed E-state index contributed by atoms with van der Waals surface area (Å²) in [7, 11) is 2.14. The van der Waals surface area contributed by atoms with Crippen LogP contribution in [0, 0.1) is 5.92 Å². The first-order chi connectivity index (χ1) is 15.1. The fourth-order valence-electron chi connectivity index (χ4n) is 4.30. The van der Waals surface area contributed by atoms with Crippen LogP contribution in [0.25, 0.3) is 0 Å². The Bertz CT molecular complexity index is 813. The molecule has 1 unspecified atom stereocenters. The van der Waals surface area contributed by atoms with Gasteiger partial charge in [0.05, 0.1) is 0 Å². The Labute approximate surface area is 190 Å². The molecule has 2 rings (SSSR count). The predicted molar refractivity (Wildman–Crippen MR) is 123 cm³/mol. The average molecular weight is 448 g/mol. The van der Waals surface area contributed by atoms with Crippen LogP contribution in [-0.4, -0.2) is 60.2 Å². The monoisotopic (exact) mass is 447 g/mol. The van der Waals surface area contributed by atoms with Crippen LogP contribution >= 0.6 is 0 Å². The predicted octanol–water partition coefficient (Wildman–Crippen LogP) is 3.15. The van der Waals surface area contributed by atoms with Crippen LogP contribution in [0.15, 0.2) is 24.3 Å². The zero-order valence-corrected chi connectivity index (χ0v) is 19.8. The maximum absolute atomic E-state index is 12.6. The number of likely N-dealkylation sites (tertiary alicyclic amines) is 1. The number of ether oxygens (including phenoxy) is 1. The molecule has 0 aliphatic carbocycles. The molecule has 1 aliphatic heterocycles. The van der Waals surface area contributed by atoms with E-state index in [1.165, 1.54) is 13.3 Å². The van der Waals surface area contributed by atoms with Crippen molar-refractivity contribution in [2.45, 2.75) is 70.9 Å². The fourth-order valence-corrected chi connectivity index (χ4v) is 4.30. The summed E-state index contributed by atoms with van der Waals surface area (Å²) in [6.45, 7) is 9.14. The number of aliphatic carboxylic acids is 1. The Morgan fingerprint density at radius 2 is 1.91 bits per heavy atom. The van der Waals surface area contributed by atoms with Crippen molar-refractivity contribution in [3.05, 3.63) is 29.8 Å². The molecule has 1 saturated heterocycles. The molecule has 1 heterocycles. The topological polar surface area (TPSA) is 108 Å². The molecule has 1 aliphatic rings. The summed E-state index contributed by atoms with van der Waals surface area (Å²) in [6, 6.07) is 5.65. The van der Waals surface area contributed by atoms with E-state index in [1.807, 2.05) is 12.1 Å². The number of carbonyl (C=O) groups excluding carboxylic acids is 2. The van der Waals surface area contributed by atoms with Gasteiger partial charge in [0.1, 0.15) is 17.8 Å². The van der Waals surface area contributed by atoms with Crippen molar-refractivity contribution in [2.75, 3.05) is 20.1 Å². The number of carbonyl (C=O) groups is 3. The van der Waals surface area contributed by atoms with Crippen LogP contribution in [0.4, 0.5) is 4.79 Å². The number of carboxylic acids is 1. The lowest BCUT2D eigenvalue weighted by atomic mass is 9.74. The molecule has 8 heteroatoms. The van der Waals surface area contributed by atoms with Crippen molar-refractivity contribution in [1.82, 2.24) is 15.5 Å². The molecule has 1 aromatic carbocycles. The van der Waals surface area contributed by atoms with Gasteiger partial charge in [-0.3, -0.25) is 9.59 Å². The zero-order valence-electron chi connectivity index (χ0n) is 19.8. The van der Waals surface area contributed by atoms with Crippen molar-refractivity contribution in [3.63, 3.8) is 0 Å². The van der Waals surface area contributed by atoms with E-state index >= 15 is 0 Å². The number of nitrogens with zero attached hydrogens (tertiary/aromatic N) is 1. The lowest BCUT2D eigenvalue weighted by Crippen LogP contribution is -2.53. The van der Waals surface area contributed by atoms with E-state index in [-0.39, 0.29) is 11.3 Å². The highest BCUT2D eigenvalue weighted by molar-refractivity contribution is 5.89. The molecule has 0 spiro atoms. The second-order valence-corrected chi connectivity index (χ2v) is 9.18. The number of hydrogen-bond donors (Lipinski definition) is 3. The molecule has 178 valence electrons. The molecule has 0 radical (unpaired) electrons. The third kappa shape index (κ3) is 6.69. The van der Waals surface area contributed by atoms with Gasteiger partial charge in [0.15, 0.2) is 0 Å². The number of hydrogen-bond acceptors (Lipinski definition) is 5. The lowest BCUT2D eigenvalue weighted by molar-refractivity contribution is -0.141. The van der Waals surface area contributed by atoms with Gasteiger partial charge in [0.25, 0.3) is 0 Å². The SMILES string of the molecule is CCC1(c2cccc(OC(=O)N[C@@H](C(=O)N[C@@H](C)C(=O)O)C(C)C)c2)CCCCN(C)C1. The largest absolute Gasteiger partial charge is 0.480 e. The van der Waals surface area contributed by atoms with Crippen LogP contribution in [-0.2, 0) is 15.0 Å². The third-order valence-corrected chi connectivity index (χ3v) is 6.30. The van der Waals surface area contributed by atoms with Gasteiger partial charge in [0, 0.05) is 12.0 Å². The van der Waals surface area contributed by atoms with Gasteiger partial charge in [0.2, 0.25) is 5.91 Å². The second-order valence-electron chi connectivity index (χ2n) is 9.18.